The van der Waals surface area contributed by atoms with E-state index in [1.165, 1.54) is 17.9 Å². The molecule has 0 aliphatic rings. The Morgan fingerprint density at radius 1 is 1.32 bits per heavy atom. The predicted octanol–water partition coefficient (Wildman–Crippen LogP) is 2.82. The summed E-state index contributed by atoms with van der Waals surface area (Å²) in [6.07, 6.45) is 3.45. The van der Waals surface area contributed by atoms with Gasteiger partial charge in [-0.1, -0.05) is 12.1 Å². The van der Waals surface area contributed by atoms with Crippen LogP contribution < -0.4 is 10.5 Å². The standard InChI is InChI=1S/C20H21N5O3/c1-4-24-10-15(13(2)23-24)12-28-17-8-6-5-7-16(17)25-11-14(9-21)18(22)19(25)20(26)27-3/h5-8,10-11H,4,12,22H2,1-3H3. The molecule has 0 spiro atoms. The van der Waals surface area contributed by atoms with E-state index in [1.54, 1.807) is 12.1 Å². The molecule has 0 bridgehead atoms. The van der Waals surface area contributed by atoms with Crippen molar-refractivity contribution in [1.29, 1.82) is 5.26 Å². The normalized spacial score (nSPS) is 10.5. The number of hydrogen-bond acceptors (Lipinski definition) is 6. The highest BCUT2D eigenvalue weighted by molar-refractivity contribution is 5.96. The number of carbonyl (C=O) groups is 1. The Hall–Kier alpha value is -3.73. The minimum Gasteiger partial charge on any atom is -0.487 e. The van der Waals surface area contributed by atoms with Gasteiger partial charge in [0.2, 0.25) is 0 Å². The molecule has 2 heterocycles. The largest absolute Gasteiger partial charge is 0.487 e. The SMILES string of the molecule is CCn1cc(COc2ccccc2-n2cc(C#N)c(N)c2C(=O)OC)c(C)n1. The molecule has 144 valence electrons. The van der Waals surface area contributed by atoms with Crippen LogP contribution in [0.25, 0.3) is 5.69 Å². The van der Waals surface area contributed by atoms with Gasteiger partial charge in [-0.25, -0.2) is 4.79 Å². The number of ether oxygens (including phenoxy) is 2. The summed E-state index contributed by atoms with van der Waals surface area (Å²) in [6.45, 7) is 5.04. The Kier molecular flexibility index (Phi) is 5.36. The molecular formula is C20H21N5O3. The molecule has 8 heteroatoms. The molecule has 0 unspecified atom stereocenters. The van der Waals surface area contributed by atoms with Crippen molar-refractivity contribution in [2.24, 2.45) is 0 Å². The quantitative estimate of drug-likeness (QED) is 0.660. The topological polar surface area (TPSA) is 108 Å². The number of methoxy groups -OCH3 is 1. The first kappa shape index (κ1) is 19.0. The third-order valence-electron chi connectivity index (χ3n) is 4.42. The third-order valence-corrected chi connectivity index (χ3v) is 4.42. The summed E-state index contributed by atoms with van der Waals surface area (Å²) in [7, 11) is 1.27. The Labute approximate surface area is 162 Å². The number of nitriles is 1. The van der Waals surface area contributed by atoms with Gasteiger partial charge in [-0.2, -0.15) is 10.4 Å². The van der Waals surface area contributed by atoms with Crippen LogP contribution in [0.5, 0.6) is 5.75 Å². The molecule has 0 radical (unpaired) electrons. The van der Waals surface area contributed by atoms with E-state index in [2.05, 4.69) is 5.10 Å². The van der Waals surface area contributed by atoms with E-state index in [9.17, 15) is 10.1 Å². The lowest BCUT2D eigenvalue weighted by atomic mass is 10.2. The lowest BCUT2D eigenvalue weighted by Gasteiger charge is -2.14. The van der Waals surface area contributed by atoms with Gasteiger partial charge < -0.3 is 19.8 Å². The first-order chi connectivity index (χ1) is 13.5. The number of esters is 1. The minimum atomic E-state index is -0.631. The van der Waals surface area contributed by atoms with Gasteiger partial charge in [-0.15, -0.1) is 0 Å². The number of para-hydroxylation sites is 2. The summed E-state index contributed by atoms with van der Waals surface area (Å²) in [5, 5.41) is 13.7. The molecule has 2 N–H and O–H groups in total. The van der Waals surface area contributed by atoms with Crippen molar-refractivity contribution in [2.45, 2.75) is 27.0 Å². The first-order valence-electron chi connectivity index (χ1n) is 8.74. The van der Waals surface area contributed by atoms with Crippen molar-refractivity contribution in [2.75, 3.05) is 12.8 Å². The van der Waals surface area contributed by atoms with Gasteiger partial charge in [0.1, 0.15) is 18.4 Å². The average molecular weight is 379 g/mol. The maximum Gasteiger partial charge on any atom is 0.357 e. The number of aryl methyl sites for hydroxylation is 2. The second kappa shape index (κ2) is 7.88. The van der Waals surface area contributed by atoms with Crippen LogP contribution in [0.2, 0.25) is 0 Å². The molecule has 8 nitrogen and oxygen atoms in total. The molecule has 0 aliphatic heterocycles. The van der Waals surface area contributed by atoms with E-state index < -0.39 is 5.97 Å². The van der Waals surface area contributed by atoms with Gasteiger partial charge in [-0.3, -0.25) is 4.68 Å². The number of rotatable bonds is 6. The van der Waals surface area contributed by atoms with Gasteiger partial charge in [0.05, 0.1) is 29.7 Å². The number of benzene rings is 1. The fraction of sp³-hybridized carbons (Fsp3) is 0.250. The van der Waals surface area contributed by atoms with E-state index >= 15 is 0 Å². The summed E-state index contributed by atoms with van der Waals surface area (Å²) in [5.74, 6) is -0.0929. The fourth-order valence-corrected chi connectivity index (χ4v) is 2.90. The van der Waals surface area contributed by atoms with Crippen molar-refractivity contribution >= 4 is 11.7 Å². The smallest absolute Gasteiger partial charge is 0.357 e. The molecule has 0 amide bonds. The lowest BCUT2D eigenvalue weighted by Crippen LogP contribution is -2.12. The van der Waals surface area contributed by atoms with Gasteiger partial charge >= 0.3 is 5.97 Å². The van der Waals surface area contributed by atoms with Gasteiger partial charge in [-0.05, 0) is 26.0 Å². The number of nitrogen functional groups attached to an aromatic ring is 1. The number of anilines is 1. The van der Waals surface area contributed by atoms with E-state index in [0.29, 0.717) is 18.0 Å². The zero-order valence-corrected chi connectivity index (χ0v) is 16.0. The zero-order valence-electron chi connectivity index (χ0n) is 16.0. The molecule has 2 aromatic heterocycles. The van der Waals surface area contributed by atoms with E-state index in [-0.39, 0.29) is 16.9 Å². The van der Waals surface area contributed by atoms with Crippen molar-refractivity contribution < 1.29 is 14.3 Å². The van der Waals surface area contributed by atoms with Crippen LogP contribution in [0.4, 0.5) is 5.69 Å². The summed E-state index contributed by atoms with van der Waals surface area (Å²) in [5.41, 5.74) is 8.78. The number of aromatic nitrogens is 3. The highest BCUT2D eigenvalue weighted by Crippen LogP contribution is 2.30. The van der Waals surface area contributed by atoms with E-state index in [1.807, 2.05) is 42.9 Å². The van der Waals surface area contributed by atoms with Crippen LogP contribution in [-0.2, 0) is 17.9 Å². The van der Waals surface area contributed by atoms with Gasteiger partial charge in [0.25, 0.3) is 0 Å². The zero-order chi connectivity index (χ0) is 20.3. The second-order valence-electron chi connectivity index (χ2n) is 6.13. The highest BCUT2D eigenvalue weighted by atomic mass is 16.5. The number of carbonyl (C=O) groups excluding carboxylic acids is 1. The Bertz CT molecular complexity index is 1060. The molecule has 0 fully saturated rings. The van der Waals surface area contributed by atoms with Crippen LogP contribution in [0.1, 0.15) is 34.2 Å². The Morgan fingerprint density at radius 3 is 2.71 bits per heavy atom. The van der Waals surface area contributed by atoms with Crippen LogP contribution >= 0.6 is 0 Å². The summed E-state index contributed by atoms with van der Waals surface area (Å²) >= 11 is 0. The maximum absolute atomic E-state index is 12.2. The maximum atomic E-state index is 12.2. The number of hydrogen-bond donors (Lipinski definition) is 1. The molecule has 0 aliphatic carbocycles. The van der Waals surface area contributed by atoms with Crippen molar-refractivity contribution in [3.63, 3.8) is 0 Å². The van der Waals surface area contributed by atoms with Crippen molar-refractivity contribution in [3.8, 4) is 17.5 Å². The van der Waals surface area contributed by atoms with Crippen LogP contribution in [0, 0.1) is 18.3 Å². The summed E-state index contributed by atoms with van der Waals surface area (Å²) in [4.78, 5) is 12.2. The fourth-order valence-electron chi connectivity index (χ4n) is 2.90. The molecule has 3 aromatic rings. The Morgan fingerprint density at radius 2 is 2.07 bits per heavy atom. The molecule has 3 rings (SSSR count). The van der Waals surface area contributed by atoms with Gasteiger partial charge in [0, 0.05) is 24.5 Å². The van der Waals surface area contributed by atoms with Crippen molar-refractivity contribution in [1.82, 2.24) is 14.3 Å². The first-order valence-corrected chi connectivity index (χ1v) is 8.74. The molecule has 0 atom stereocenters. The predicted molar refractivity (Wildman–Crippen MR) is 103 cm³/mol. The second-order valence-corrected chi connectivity index (χ2v) is 6.13. The van der Waals surface area contributed by atoms with E-state index in [4.69, 9.17) is 15.2 Å². The van der Waals surface area contributed by atoms with E-state index in [0.717, 1.165) is 17.8 Å². The molecule has 0 saturated carbocycles. The third kappa shape index (κ3) is 3.42. The average Bonchev–Trinajstić information content (AvgIpc) is 3.25. The lowest BCUT2D eigenvalue weighted by molar-refractivity contribution is 0.0593. The summed E-state index contributed by atoms with van der Waals surface area (Å²) < 4.78 is 14.2. The van der Waals surface area contributed by atoms with Crippen LogP contribution in [-0.4, -0.2) is 27.4 Å². The molecule has 1 aromatic carbocycles. The number of nitrogens with zero attached hydrogens (tertiary/aromatic N) is 4. The summed E-state index contributed by atoms with van der Waals surface area (Å²) in [6, 6.07) is 9.21. The number of nitrogens with two attached hydrogens (primary N) is 1. The monoisotopic (exact) mass is 379 g/mol. The molecule has 28 heavy (non-hydrogen) atoms. The van der Waals surface area contributed by atoms with Crippen LogP contribution in [0.15, 0.2) is 36.7 Å². The van der Waals surface area contributed by atoms with Crippen LogP contribution in [0.3, 0.4) is 0 Å². The minimum absolute atomic E-state index is 0.0734. The molecular weight excluding hydrogens is 358 g/mol. The Balaban J connectivity index is 2.00. The van der Waals surface area contributed by atoms with Crippen molar-refractivity contribution in [3.05, 3.63) is 59.2 Å². The highest BCUT2D eigenvalue weighted by Gasteiger charge is 2.23. The molecule has 0 saturated heterocycles. The van der Waals surface area contributed by atoms with Gasteiger partial charge in [0.15, 0.2) is 5.69 Å².